The van der Waals surface area contributed by atoms with E-state index in [9.17, 15) is 13.2 Å². The molecule has 11 heteroatoms. The second kappa shape index (κ2) is 7.96. The third kappa shape index (κ3) is 3.97. The van der Waals surface area contributed by atoms with Crippen molar-refractivity contribution in [2.45, 2.75) is 0 Å². The molecule has 4 aromatic heterocycles. The molecule has 0 unspecified atom stereocenters. The van der Waals surface area contributed by atoms with Crippen molar-refractivity contribution >= 4 is 43.6 Å². The number of aromatic amines is 2. The number of aromatic nitrogens is 5. The number of nitrogens with one attached hydrogen (secondary N) is 3. The van der Waals surface area contributed by atoms with Crippen LogP contribution in [0.4, 0.5) is 5.69 Å². The third-order valence-electron chi connectivity index (χ3n) is 5.35. The van der Waals surface area contributed by atoms with E-state index in [1.807, 2.05) is 24.3 Å². The molecule has 0 saturated heterocycles. The van der Waals surface area contributed by atoms with Crippen molar-refractivity contribution in [3.05, 3.63) is 60.6 Å². The molecule has 5 aromatic rings. The summed E-state index contributed by atoms with van der Waals surface area (Å²) in [7, 11) is 0.0170. The van der Waals surface area contributed by atoms with Gasteiger partial charge in [-0.1, -0.05) is 6.07 Å². The van der Waals surface area contributed by atoms with Crippen LogP contribution in [0.25, 0.3) is 44.5 Å². The number of rotatable bonds is 5. The molecule has 0 atom stereocenters. The fourth-order valence-electron chi connectivity index (χ4n) is 3.84. The zero-order chi connectivity index (χ0) is 24.0. The van der Waals surface area contributed by atoms with Crippen molar-refractivity contribution in [2.24, 2.45) is 0 Å². The molecule has 0 aliphatic heterocycles. The summed E-state index contributed by atoms with van der Waals surface area (Å²) in [5.74, 6) is -0.0814. The van der Waals surface area contributed by atoms with Gasteiger partial charge in [-0.05, 0) is 30.3 Å². The number of amides is 1. The first-order valence-electron chi connectivity index (χ1n) is 10.3. The smallest absolute Gasteiger partial charge is 0.254 e. The first-order chi connectivity index (χ1) is 16.2. The summed E-state index contributed by atoms with van der Waals surface area (Å²) in [4.78, 5) is 26.1. The maximum absolute atomic E-state index is 12.6. The highest BCUT2D eigenvalue weighted by Crippen LogP contribution is 2.32. The minimum atomic E-state index is -3.42. The molecule has 4 heterocycles. The molecule has 0 spiro atoms. The molecule has 0 radical (unpaired) electrons. The largest absolute Gasteiger partial charge is 0.353 e. The van der Waals surface area contributed by atoms with Gasteiger partial charge in [-0.25, -0.2) is 13.4 Å². The SMILES string of the molecule is CN(C)C(=O)c1cccc2[nH]c(-c3n[nH]c4ncc(-c5cncc(NS(C)(=O)=O)c5)cc34)cc12. The second-order valence-corrected chi connectivity index (χ2v) is 9.93. The number of anilines is 1. The van der Waals surface area contributed by atoms with Crippen LogP contribution in [-0.2, 0) is 10.0 Å². The van der Waals surface area contributed by atoms with Crippen molar-refractivity contribution in [2.75, 3.05) is 25.1 Å². The summed E-state index contributed by atoms with van der Waals surface area (Å²) >= 11 is 0. The lowest BCUT2D eigenvalue weighted by atomic mass is 10.1. The highest BCUT2D eigenvalue weighted by Gasteiger charge is 2.17. The normalized spacial score (nSPS) is 11.7. The standard InChI is InChI=1S/C23H21N7O3S/c1-30(2)23(31)16-5-4-6-19-17(16)9-20(26-19)21-18-8-14(11-25-22(18)28-27-21)13-7-15(12-24-10-13)29-34(3,32)33/h4-12,26,29H,1-3H3,(H,25,27,28). The molecule has 1 aromatic carbocycles. The number of pyridine rings is 2. The van der Waals surface area contributed by atoms with Gasteiger partial charge in [0.05, 0.1) is 23.8 Å². The highest BCUT2D eigenvalue weighted by molar-refractivity contribution is 7.92. The lowest BCUT2D eigenvalue weighted by Gasteiger charge is -2.10. The quantitative estimate of drug-likeness (QED) is 0.357. The average Bonchev–Trinajstić information content (AvgIpc) is 3.40. The van der Waals surface area contributed by atoms with E-state index in [2.05, 4.69) is 29.9 Å². The molecule has 10 nitrogen and oxygen atoms in total. The minimum absolute atomic E-state index is 0.0814. The Hall–Kier alpha value is -4.25. The first-order valence-corrected chi connectivity index (χ1v) is 12.2. The molecule has 0 aliphatic rings. The maximum Gasteiger partial charge on any atom is 0.254 e. The fraction of sp³-hybridized carbons (Fsp3) is 0.130. The van der Waals surface area contributed by atoms with Crippen LogP contribution in [0, 0.1) is 0 Å². The van der Waals surface area contributed by atoms with Crippen LogP contribution in [-0.4, -0.2) is 64.7 Å². The number of hydrogen-bond donors (Lipinski definition) is 3. The second-order valence-electron chi connectivity index (χ2n) is 8.18. The van der Waals surface area contributed by atoms with E-state index in [-0.39, 0.29) is 5.91 Å². The van der Waals surface area contributed by atoms with Crippen LogP contribution in [0.1, 0.15) is 10.4 Å². The van der Waals surface area contributed by atoms with Crippen LogP contribution in [0.2, 0.25) is 0 Å². The topological polar surface area (TPSA) is 137 Å². The first kappa shape index (κ1) is 21.6. The summed E-state index contributed by atoms with van der Waals surface area (Å²) in [6, 6.07) is 11.1. The van der Waals surface area contributed by atoms with Gasteiger partial charge < -0.3 is 9.88 Å². The summed E-state index contributed by atoms with van der Waals surface area (Å²) in [6.07, 6.45) is 5.84. The number of fused-ring (bicyclic) bond motifs is 2. The van der Waals surface area contributed by atoms with E-state index < -0.39 is 10.0 Å². The van der Waals surface area contributed by atoms with Crippen molar-refractivity contribution in [3.63, 3.8) is 0 Å². The van der Waals surface area contributed by atoms with Gasteiger partial charge in [0.15, 0.2) is 5.65 Å². The van der Waals surface area contributed by atoms with Gasteiger partial charge in [0, 0.05) is 59.5 Å². The Morgan fingerprint density at radius 3 is 2.59 bits per heavy atom. The van der Waals surface area contributed by atoms with Crippen LogP contribution in [0.3, 0.4) is 0 Å². The Labute approximate surface area is 195 Å². The maximum atomic E-state index is 12.6. The molecule has 1 amide bonds. The molecular weight excluding hydrogens is 454 g/mol. The lowest BCUT2D eigenvalue weighted by Crippen LogP contribution is -2.21. The summed E-state index contributed by atoms with van der Waals surface area (Å²) in [5, 5.41) is 8.97. The van der Waals surface area contributed by atoms with Crippen molar-refractivity contribution in [1.29, 1.82) is 0 Å². The lowest BCUT2D eigenvalue weighted by molar-refractivity contribution is 0.0829. The zero-order valence-electron chi connectivity index (χ0n) is 18.6. The number of hydrogen-bond acceptors (Lipinski definition) is 6. The average molecular weight is 476 g/mol. The molecule has 3 N–H and O–H groups in total. The van der Waals surface area contributed by atoms with Gasteiger partial charge >= 0.3 is 0 Å². The number of benzene rings is 1. The Kier molecular flexibility index (Phi) is 5.05. The summed E-state index contributed by atoms with van der Waals surface area (Å²) < 4.78 is 25.6. The molecule has 0 fully saturated rings. The molecule has 34 heavy (non-hydrogen) atoms. The number of carbonyl (C=O) groups excluding carboxylic acids is 1. The van der Waals surface area contributed by atoms with Gasteiger partial charge in [0.1, 0.15) is 5.69 Å². The summed E-state index contributed by atoms with van der Waals surface area (Å²) in [5.41, 5.74) is 5.23. The van der Waals surface area contributed by atoms with E-state index in [1.165, 1.54) is 6.20 Å². The predicted molar refractivity (Wildman–Crippen MR) is 131 cm³/mol. The number of carbonyl (C=O) groups is 1. The fourth-order valence-corrected chi connectivity index (χ4v) is 4.38. The van der Waals surface area contributed by atoms with Gasteiger partial charge in [-0.2, -0.15) is 5.10 Å². The van der Waals surface area contributed by atoms with E-state index in [0.717, 1.165) is 33.8 Å². The Morgan fingerprint density at radius 1 is 1.03 bits per heavy atom. The van der Waals surface area contributed by atoms with Crippen molar-refractivity contribution < 1.29 is 13.2 Å². The number of H-pyrrole nitrogens is 2. The molecule has 5 rings (SSSR count). The zero-order valence-corrected chi connectivity index (χ0v) is 19.4. The van der Waals surface area contributed by atoms with E-state index in [1.54, 1.807) is 43.5 Å². The van der Waals surface area contributed by atoms with Crippen LogP contribution >= 0.6 is 0 Å². The summed E-state index contributed by atoms with van der Waals surface area (Å²) in [6.45, 7) is 0. The van der Waals surface area contributed by atoms with Gasteiger partial charge in [0.25, 0.3) is 5.91 Å². The van der Waals surface area contributed by atoms with E-state index >= 15 is 0 Å². The molecule has 172 valence electrons. The van der Waals surface area contributed by atoms with Crippen LogP contribution in [0.15, 0.2) is 55.0 Å². The predicted octanol–water partition coefficient (Wildman–Crippen LogP) is 3.24. The Balaban J connectivity index is 1.60. The van der Waals surface area contributed by atoms with E-state index in [0.29, 0.717) is 28.2 Å². The van der Waals surface area contributed by atoms with Gasteiger partial charge in [-0.15, -0.1) is 0 Å². The van der Waals surface area contributed by atoms with Crippen LogP contribution in [0.5, 0.6) is 0 Å². The molecule has 0 bridgehead atoms. The van der Waals surface area contributed by atoms with Gasteiger partial charge in [0.2, 0.25) is 10.0 Å². The highest BCUT2D eigenvalue weighted by atomic mass is 32.2. The minimum Gasteiger partial charge on any atom is -0.353 e. The monoisotopic (exact) mass is 475 g/mol. The van der Waals surface area contributed by atoms with Crippen LogP contribution < -0.4 is 4.72 Å². The molecule has 0 aliphatic carbocycles. The number of sulfonamides is 1. The Bertz CT molecular complexity index is 1670. The van der Waals surface area contributed by atoms with Gasteiger partial charge in [-0.3, -0.25) is 19.6 Å². The molecule has 0 saturated carbocycles. The molecular formula is C23H21N7O3S. The van der Waals surface area contributed by atoms with E-state index in [4.69, 9.17) is 0 Å². The number of nitrogens with zero attached hydrogens (tertiary/aromatic N) is 4. The third-order valence-corrected chi connectivity index (χ3v) is 5.95. The Morgan fingerprint density at radius 2 is 1.82 bits per heavy atom. The van der Waals surface area contributed by atoms with Crippen molar-refractivity contribution in [3.8, 4) is 22.5 Å². The van der Waals surface area contributed by atoms with Crippen molar-refractivity contribution in [1.82, 2.24) is 30.0 Å².